The minimum atomic E-state index is 0.528. The van der Waals surface area contributed by atoms with Crippen LogP contribution in [-0.2, 0) is 0 Å². The molecular weight excluding hydrogens is 240 g/mol. The number of benzene rings is 1. The Morgan fingerprint density at radius 2 is 1.72 bits per heavy atom. The van der Waals surface area contributed by atoms with Crippen LogP contribution in [0.5, 0.6) is 0 Å². The topological polar surface area (TPSA) is 36.7 Å². The Hall–Kier alpha value is -1.79. The van der Waals surface area contributed by atoms with Crippen LogP contribution in [-0.4, -0.2) is 10.2 Å². The summed E-state index contributed by atoms with van der Waals surface area (Å²) < 4.78 is 0. The first-order valence-electron chi connectivity index (χ1n) is 5.72. The van der Waals surface area contributed by atoms with Crippen LogP contribution in [0.15, 0.2) is 48.8 Å². The van der Waals surface area contributed by atoms with E-state index in [4.69, 9.17) is 5.26 Å². The predicted molar refractivity (Wildman–Crippen MR) is 78.5 cm³/mol. The van der Waals surface area contributed by atoms with Gasteiger partial charge in [0.25, 0.3) is 0 Å². The second-order valence-electron chi connectivity index (χ2n) is 4.02. The lowest BCUT2D eigenvalue weighted by Gasteiger charge is -1.99. The van der Waals surface area contributed by atoms with Gasteiger partial charge in [0.15, 0.2) is 0 Å². The maximum Gasteiger partial charge on any atom is 0.0991 e. The molecule has 3 heteroatoms. The van der Waals surface area contributed by atoms with Crippen molar-refractivity contribution in [3.8, 4) is 17.2 Å². The number of nitriles is 1. The number of aromatic nitrogens is 1. The molecule has 92 valence electrons. The fourth-order valence-corrected chi connectivity index (χ4v) is 1.27. The van der Waals surface area contributed by atoms with Crippen LogP contribution in [0.1, 0.15) is 19.4 Å². The summed E-state index contributed by atoms with van der Waals surface area (Å²) in [5.41, 5.74) is 2.83. The van der Waals surface area contributed by atoms with Crippen molar-refractivity contribution in [1.29, 1.82) is 5.26 Å². The summed E-state index contributed by atoms with van der Waals surface area (Å²) in [6, 6.07) is 13.4. The Morgan fingerprint density at radius 3 is 2.17 bits per heavy atom. The van der Waals surface area contributed by atoms with Gasteiger partial charge >= 0.3 is 0 Å². The molecule has 0 fully saturated rings. The molecule has 0 unspecified atom stereocenters. The monoisotopic (exact) mass is 256 g/mol. The molecule has 1 aromatic carbocycles. The molecule has 0 spiro atoms. The van der Waals surface area contributed by atoms with Crippen molar-refractivity contribution in [2.45, 2.75) is 19.1 Å². The average molecular weight is 256 g/mol. The van der Waals surface area contributed by atoms with Crippen LogP contribution >= 0.6 is 12.6 Å². The van der Waals surface area contributed by atoms with E-state index < -0.39 is 0 Å². The fraction of sp³-hybridized carbons (Fsp3) is 0.200. The number of hydrogen-bond donors (Lipinski definition) is 1. The molecule has 1 aromatic heterocycles. The number of hydrogen-bond acceptors (Lipinski definition) is 3. The Kier molecular flexibility index (Phi) is 5.96. The van der Waals surface area contributed by atoms with E-state index in [1.165, 1.54) is 0 Å². The van der Waals surface area contributed by atoms with Crippen LogP contribution in [0, 0.1) is 11.3 Å². The summed E-state index contributed by atoms with van der Waals surface area (Å²) in [5, 5.41) is 9.16. The third kappa shape index (κ3) is 5.03. The molecule has 0 amide bonds. The molecule has 0 atom stereocenters. The van der Waals surface area contributed by atoms with Gasteiger partial charge in [-0.25, -0.2) is 0 Å². The molecule has 18 heavy (non-hydrogen) atoms. The maximum atomic E-state index is 8.64. The number of thiol groups is 1. The molecule has 0 saturated heterocycles. The van der Waals surface area contributed by atoms with Crippen molar-refractivity contribution in [2.75, 3.05) is 0 Å². The highest BCUT2D eigenvalue weighted by atomic mass is 32.1. The summed E-state index contributed by atoms with van der Waals surface area (Å²) in [6.07, 6.45) is 3.55. The summed E-state index contributed by atoms with van der Waals surface area (Å²) in [7, 11) is 0. The maximum absolute atomic E-state index is 8.64. The van der Waals surface area contributed by atoms with Crippen LogP contribution in [0.25, 0.3) is 11.1 Å². The molecule has 0 saturated carbocycles. The van der Waals surface area contributed by atoms with E-state index in [-0.39, 0.29) is 0 Å². The second-order valence-corrected chi connectivity index (χ2v) is 5.06. The van der Waals surface area contributed by atoms with Gasteiger partial charge in [0.1, 0.15) is 0 Å². The van der Waals surface area contributed by atoms with Gasteiger partial charge in [-0.2, -0.15) is 17.9 Å². The van der Waals surface area contributed by atoms with Crippen LogP contribution in [0.4, 0.5) is 0 Å². The molecule has 2 nitrogen and oxygen atoms in total. The molecule has 2 rings (SSSR count). The van der Waals surface area contributed by atoms with Crippen molar-refractivity contribution >= 4 is 12.6 Å². The lowest BCUT2D eigenvalue weighted by molar-refractivity contribution is 1.13. The largest absolute Gasteiger partial charge is 0.264 e. The van der Waals surface area contributed by atoms with Gasteiger partial charge in [0.2, 0.25) is 0 Å². The highest BCUT2D eigenvalue weighted by Crippen LogP contribution is 2.17. The van der Waals surface area contributed by atoms with Crippen molar-refractivity contribution < 1.29 is 0 Å². The molecular formula is C15H16N2S. The smallest absolute Gasteiger partial charge is 0.0991 e. The molecule has 0 aliphatic heterocycles. The second kappa shape index (κ2) is 7.52. The van der Waals surface area contributed by atoms with E-state index in [1.807, 2.05) is 50.2 Å². The Morgan fingerprint density at radius 1 is 1.11 bits per heavy atom. The highest BCUT2D eigenvalue weighted by molar-refractivity contribution is 7.80. The van der Waals surface area contributed by atoms with Crippen molar-refractivity contribution in [3.63, 3.8) is 0 Å². The third-order valence-electron chi connectivity index (χ3n) is 2.01. The van der Waals surface area contributed by atoms with Crippen LogP contribution in [0.2, 0.25) is 0 Å². The minimum absolute atomic E-state index is 0.528. The van der Waals surface area contributed by atoms with E-state index in [0.29, 0.717) is 10.8 Å². The summed E-state index contributed by atoms with van der Waals surface area (Å²) in [4.78, 5) is 4.04. The van der Waals surface area contributed by atoms with Gasteiger partial charge < -0.3 is 0 Å². The van der Waals surface area contributed by atoms with Crippen LogP contribution in [0.3, 0.4) is 0 Å². The van der Waals surface area contributed by atoms with Gasteiger partial charge in [0.05, 0.1) is 11.6 Å². The van der Waals surface area contributed by atoms with Crippen molar-refractivity contribution in [2.24, 2.45) is 0 Å². The van der Waals surface area contributed by atoms with Gasteiger partial charge in [-0.3, -0.25) is 4.98 Å². The van der Waals surface area contributed by atoms with E-state index in [9.17, 15) is 0 Å². The summed E-state index contributed by atoms with van der Waals surface area (Å²) in [5.74, 6) is 0. The molecule has 0 N–H and O–H groups in total. The first-order valence-corrected chi connectivity index (χ1v) is 6.23. The van der Waals surface area contributed by atoms with Gasteiger partial charge in [-0.15, -0.1) is 0 Å². The van der Waals surface area contributed by atoms with E-state index in [0.717, 1.165) is 11.1 Å². The first-order chi connectivity index (χ1) is 8.63. The standard InChI is InChI=1S/C12H8N2.C3H8S/c13-8-10-3-5-11(6-4-10)12-2-1-7-14-9-12;1-3(2)4/h1-7,9H;3-4H,1-2H3. The third-order valence-corrected chi connectivity index (χ3v) is 2.01. The molecule has 0 aliphatic rings. The van der Waals surface area contributed by atoms with Gasteiger partial charge in [-0.05, 0) is 34.6 Å². The minimum Gasteiger partial charge on any atom is -0.264 e. The SMILES string of the molecule is CC(C)S.N#Cc1ccc(-c2cccnc2)cc1. The zero-order valence-electron chi connectivity index (χ0n) is 10.5. The molecule has 2 aromatic rings. The quantitative estimate of drug-likeness (QED) is 0.784. The molecule has 0 radical (unpaired) electrons. The number of rotatable bonds is 1. The number of nitrogens with zero attached hydrogens (tertiary/aromatic N) is 2. The molecule has 0 aliphatic carbocycles. The lowest BCUT2D eigenvalue weighted by Crippen LogP contribution is -1.79. The first kappa shape index (κ1) is 14.3. The van der Waals surface area contributed by atoms with E-state index in [2.05, 4.69) is 23.7 Å². The van der Waals surface area contributed by atoms with Gasteiger partial charge in [0, 0.05) is 12.4 Å². The average Bonchev–Trinajstić information content (AvgIpc) is 2.39. The molecule has 1 heterocycles. The zero-order valence-corrected chi connectivity index (χ0v) is 11.4. The summed E-state index contributed by atoms with van der Waals surface area (Å²) >= 11 is 3.97. The van der Waals surface area contributed by atoms with Gasteiger partial charge in [-0.1, -0.05) is 32.0 Å². The Labute approximate surface area is 114 Å². The normalized spacial score (nSPS) is 9.28. The van der Waals surface area contributed by atoms with Crippen molar-refractivity contribution in [3.05, 3.63) is 54.4 Å². The fourth-order valence-electron chi connectivity index (χ4n) is 1.27. The van der Waals surface area contributed by atoms with E-state index in [1.54, 1.807) is 12.4 Å². The zero-order chi connectivity index (χ0) is 13.4. The predicted octanol–water partition coefficient (Wildman–Crippen LogP) is 3.94. The summed E-state index contributed by atoms with van der Waals surface area (Å²) in [6.45, 7) is 4.06. The Bertz CT molecular complexity index is 496. The van der Waals surface area contributed by atoms with Crippen LogP contribution < -0.4 is 0 Å². The Balaban J connectivity index is 0.000000357. The van der Waals surface area contributed by atoms with Crippen molar-refractivity contribution in [1.82, 2.24) is 4.98 Å². The lowest BCUT2D eigenvalue weighted by atomic mass is 10.1. The molecule has 0 bridgehead atoms. The highest BCUT2D eigenvalue weighted by Gasteiger charge is 1.96. The number of pyridine rings is 1. The van der Waals surface area contributed by atoms with E-state index >= 15 is 0 Å².